The van der Waals surface area contributed by atoms with Crippen LogP contribution in [0.5, 0.6) is 5.75 Å². The zero-order chi connectivity index (χ0) is 22.6. The van der Waals surface area contributed by atoms with Crippen LogP contribution in [-0.2, 0) is 16.0 Å². The van der Waals surface area contributed by atoms with Crippen LogP contribution in [-0.4, -0.2) is 70.7 Å². The Kier molecular flexibility index (Phi) is 6.82. The summed E-state index contributed by atoms with van der Waals surface area (Å²) >= 11 is 0. The first-order valence-electron chi connectivity index (χ1n) is 10.5. The lowest BCUT2D eigenvalue weighted by atomic mass is 10.2. The van der Waals surface area contributed by atoms with Gasteiger partial charge in [-0.05, 0) is 39.3 Å². The summed E-state index contributed by atoms with van der Waals surface area (Å²) < 4.78 is 10.7. The molecule has 1 aliphatic rings. The normalized spacial score (nSPS) is 15.0. The largest absolute Gasteiger partial charge is 0.494 e. The molecule has 2 amide bonds. The molecule has 0 saturated carbocycles. The summed E-state index contributed by atoms with van der Waals surface area (Å²) in [6, 6.07) is 5.17. The molecule has 0 aliphatic carbocycles. The second-order valence-electron chi connectivity index (χ2n) is 8.57. The molecular weight excluding hydrogens is 400 g/mol. The molecule has 9 heteroatoms. The number of aromatic amines is 1. The van der Waals surface area contributed by atoms with Crippen molar-refractivity contribution in [2.24, 2.45) is 0 Å². The predicted octanol–water partition coefficient (Wildman–Crippen LogP) is 2.33. The number of ether oxygens (including phenoxy) is 2. The van der Waals surface area contributed by atoms with Crippen LogP contribution in [0.2, 0.25) is 0 Å². The van der Waals surface area contributed by atoms with Crippen molar-refractivity contribution in [3.8, 4) is 5.75 Å². The second-order valence-corrected chi connectivity index (χ2v) is 8.57. The average Bonchev–Trinajstić information content (AvgIpc) is 2.97. The van der Waals surface area contributed by atoms with E-state index >= 15 is 0 Å². The standard InChI is InChI=1S/C22H30N4O5/c1-22(2,3)31-21(29)26-12-6-11-25(13-14-26)18(27)10-9-17-23-19-15(20(28)24-17)7-5-8-16(19)30-4/h5,7-8H,6,9-14H2,1-4H3,(H,23,24,28). The summed E-state index contributed by atoms with van der Waals surface area (Å²) in [5.74, 6) is 0.931. The smallest absolute Gasteiger partial charge is 0.410 e. The van der Waals surface area contributed by atoms with Crippen LogP contribution in [0, 0.1) is 0 Å². The SMILES string of the molecule is COc1cccc2c(=O)[nH]c(CCC(=O)N3CCCN(C(=O)OC(C)(C)C)CC3)nc12. The molecule has 0 radical (unpaired) electrons. The number of nitrogens with one attached hydrogen (secondary N) is 1. The van der Waals surface area contributed by atoms with E-state index in [2.05, 4.69) is 9.97 Å². The van der Waals surface area contributed by atoms with Gasteiger partial charge in [-0.3, -0.25) is 9.59 Å². The number of rotatable bonds is 4. The number of aromatic nitrogens is 2. The third-order valence-electron chi connectivity index (χ3n) is 5.04. The van der Waals surface area contributed by atoms with Crippen LogP contribution in [0.4, 0.5) is 4.79 Å². The minimum atomic E-state index is -0.550. The van der Waals surface area contributed by atoms with E-state index in [-0.39, 0.29) is 24.0 Å². The molecule has 1 saturated heterocycles. The Labute approximate surface area is 181 Å². The van der Waals surface area contributed by atoms with E-state index in [0.717, 1.165) is 0 Å². The van der Waals surface area contributed by atoms with E-state index in [0.29, 0.717) is 61.5 Å². The molecule has 1 aliphatic heterocycles. The number of amides is 2. The van der Waals surface area contributed by atoms with Gasteiger partial charge in [0.25, 0.3) is 5.56 Å². The number of fused-ring (bicyclic) bond motifs is 1. The molecular formula is C22H30N4O5. The Balaban J connectivity index is 1.61. The van der Waals surface area contributed by atoms with E-state index in [1.807, 2.05) is 20.8 Å². The first-order chi connectivity index (χ1) is 14.7. The first-order valence-corrected chi connectivity index (χ1v) is 10.5. The highest BCUT2D eigenvalue weighted by Crippen LogP contribution is 2.21. The summed E-state index contributed by atoms with van der Waals surface area (Å²) in [6.45, 7) is 7.51. The fourth-order valence-electron chi connectivity index (χ4n) is 3.52. The monoisotopic (exact) mass is 430 g/mol. The maximum Gasteiger partial charge on any atom is 0.410 e. The van der Waals surface area contributed by atoms with Crippen molar-refractivity contribution >= 4 is 22.9 Å². The summed E-state index contributed by atoms with van der Waals surface area (Å²) in [5.41, 5.74) is -0.321. The predicted molar refractivity (Wildman–Crippen MR) is 116 cm³/mol. The van der Waals surface area contributed by atoms with Gasteiger partial charge in [-0.25, -0.2) is 9.78 Å². The van der Waals surface area contributed by atoms with Crippen LogP contribution >= 0.6 is 0 Å². The van der Waals surface area contributed by atoms with Gasteiger partial charge in [-0.1, -0.05) is 6.07 Å². The van der Waals surface area contributed by atoms with E-state index in [1.54, 1.807) is 28.0 Å². The molecule has 0 atom stereocenters. The summed E-state index contributed by atoms with van der Waals surface area (Å²) in [6.07, 6.45) is 0.867. The molecule has 1 N–H and O–H groups in total. The van der Waals surface area contributed by atoms with Gasteiger partial charge in [-0.2, -0.15) is 0 Å². The van der Waals surface area contributed by atoms with E-state index in [9.17, 15) is 14.4 Å². The highest BCUT2D eigenvalue weighted by molar-refractivity contribution is 5.83. The molecule has 1 aromatic carbocycles. The molecule has 1 aromatic heterocycles. The Bertz CT molecular complexity index is 1010. The lowest BCUT2D eigenvalue weighted by Gasteiger charge is -2.26. The fourth-order valence-corrected chi connectivity index (χ4v) is 3.52. The highest BCUT2D eigenvalue weighted by Gasteiger charge is 2.26. The van der Waals surface area contributed by atoms with Gasteiger partial charge in [0.1, 0.15) is 22.7 Å². The lowest BCUT2D eigenvalue weighted by molar-refractivity contribution is -0.131. The molecule has 2 heterocycles. The van der Waals surface area contributed by atoms with Gasteiger partial charge >= 0.3 is 6.09 Å². The second kappa shape index (κ2) is 9.36. The molecule has 3 rings (SSSR count). The van der Waals surface area contributed by atoms with Gasteiger partial charge < -0.3 is 24.3 Å². The third-order valence-corrected chi connectivity index (χ3v) is 5.04. The quantitative estimate of drug-likeness (QED) is 0.798. The van der Waals surface area contributed by atoms with Gasteiger partial charge in [0.05, 0.1) is 12.5 Å². The average molecular weight is 431 g/mol. The van der Waals surface area contributed by atoms with Crippen LogP contribution in [0.15, 0.2) is 23.0 Å². The van der Waals surface area contributed by atoms with E-state index < -0.39 is 5.60 Å². The fraction of sp³-hybridized carbons (Fsp3) is 0.545. The molecule has 0 spiro atoms. The van der Waals surface area contributed by atoms with Crippen molar-refractivity contribution in [3.05, 3.63) is 34.4 Å². The number of hydrogen-bond donors (Lipinski definition) is 1. The van der Waals surface area contributed by atoms with Gasteiger partial charge in [0.15, 0.2) is 0 Å². The number of para-hydroxylation sites is 1. The minimum Gasteiger partial charge on any atom is -0.494 e. The Morgan fingerprint density at radius 2 is 1.84 bits per heavy atom. The minimum absolute atomic E-state index is 0.0335. The Morgan fingerprint density at radius 3 is 2.55 bits per heavy atom. The van der Waals surface area contributed by atoms with Crippen molar-refractivity contribution in [3.63, 3.8) is 0 Å². The molecule has 31 heavy (non-hydrogen) atoms. The van der Waals surface area contributed by atoms with E-state index in [4.69, 9.17) is 9.47 Å². The maximum atomic E-state index is 12.7. The summed E-state index contributed by atoms with van der Waals surface area (Å²) in [7, 11) is 1.53. The number of benzene rings is 1. The Morgan fingerprint density at radius 1 is 1.13 bits per heavy atom. The topological polar surface area (TPSA) is 105 Å². The van der Waals surface area contributed by atoms with Crippen molar-refractivity contribution in [1.82, 2.24) is 19.8 Å². The van der Waals surface area contributed by atoms with Gasteiger partial charge in [0, 0.05) is 39.0 Å². The van der Waals surface area contributed by atoms with Gasteiger partial charge in [-0.15, -0.1) is 0 Å². The van der Waals surface area contributed by atoms with Crippen LogP contribution in [0.25, 0.3) is 10.9 Å². The molecule has 9 nitrogen and oxygen atoms in total. The number of carbonyl (C=O) groups excluding carboxylic acids is 2. The van der Waals surface area contributed by atoms with Crippen LogP contribution in [0.1, 0.15) is 39.4 Å². The van der Waals surface area contributed by atoms with Crippen LogP contribution in [0.3, 0.4) is 0 Å². The van der Waals surface area contributed by atoms with Gasteiger partial charge in [0.2, 0.25) is 5.91 Å². The van der Waals surface area contributed by atoms with Crippen molar-refractivity contribution in [2.75, 3.05) is 33.3 Å². The zero-order valence-electron chi connectivity index (χ0n) is 18.6. The Hall–Kier alpha value is -3.10. The molecule has 2 aromatic rings. The molecule has 168 valence electrons. The number of nitrogens with zero attached hydrogens (tertiary/aromatic N) is 3. The summed E-state index contributed by atoms with van der Waals surface area (Å²) in [5, 5.41) is 0.448. The molecule has 0 bridgehead atoms. The highest BCUT2D eigenvalue weighted by atomic mass is 16.6. The lowest BCUT2D eigenvalue weighted by Crippen LogP contribution is -2.40. The number of hydrogen-bond acceptors (Lipinski definition) is 6. The van der Waals surface area contributed by atoms with Crippen LogP contribution < -0.4 is 10.3 Å². The molecule has 1 fully saturated rings. The van der Waals surface area contributed by atoms with Crippen molar-refractivity contribution in [1.29, 1.82) is 0 Å². The van der Waals surface area contributed by atoms with Crippen molar-refractivity contribution < 1.29 is 19.1 Å². The zero-order valence-corrected chi connectivity index (χ0v) is 18.6. The summed E-state index contributed by atoms with van der Waals surface area (Å²) in [4.78, 5) is 48.0. The van der Waals surface area contributed by atoms with E-state index in [1.165, 1.54) is 7.11 Å². The first kappa shape index (κ1) is 22.6. The number of carbonyl (C=O) groups is 2. The third kappa shape index (κ3) is 5.74. The number of methoxy groups -OCH3 is 1. The van der Waals surface area contributed by atoms with Crippen molar-refractivity contribution in [2.45, 2.75) is 45.6 Å². The molecule has 0 unspecified atom stereocenters. The number of aryl methyl sites for hydroxylation is 1. The number of H-pyrrole nitrogens is 1. The maximum absolute atomic E-state index is 12.7.